The standard InChI is InChI=1S/C8H12N2S/c1-5-10-7-4-2-3-6(9)8(7)11-5/h6H,2-4,9H2,1H3/t6-/m1/s1. The second-order valence-electron chi connectivity index (χ2n) is 3.04. The molecule has 1 heterocycles. The maximum absolute atomic E-state index is 5.93. The van der Waals surface area contributed by atoms with Crippen LogP contribution in [0.1, 0.15) is 34.5 Å². The van der Waals surface area contributed by atoms with Crippen LogP contribution in [0.2, 0.25) is 0 Å². The van der Waals surface area contributed by atoms with Gasteiger partial charge in [-0.05, 0) is 26.2 Å². The first-order valence-electron chi connectivity index (χ1n) is 3.99. The number of nitrogens with two attached hydrogens (primary N) is 1. The lowest BCUT2D eigenvalue weighted by Crippen LogP contribution is -2.15. The van der Waals surface area contributed by atoms with Crippen LogP contribution in [0, 0.1) is 6.92 Å². The number of thiazole rings is 1. The monoisotopic (exact) mass is 168 g/mol. The van der Waals surface area contributed by atoms with Crippen molar-refractivity contribution in [2.75, 3.05) is 0 Å². The first-order valence-corrected chi connectivity index (χ1v) is 4.81. The van der Waals surface area contributed by atoms with E-state index in [1.165, 1.54) is 17.0 Å². The molecule has 1 aromatic heterocycles. The van der Waals surface area contributed by atoms with Crippen molar-refractivity contribution in [1.82, 2.24) is 4.98 Å². The normalized spacial score (nSPS) is 23.3. The average Bonchev–Trinajstić information content (AvgIpc) is 2.31. The number of fused-ring (bicyclic) bond motifs is 1. The molecule has 0 saturated heterocycles. The van der Waals surface area contributed by atoms with Crippen molar-refractivity contribution in [3.8, 4) is 0 Å². The molecule has 0 aliphatic heterocycles. The van der Waals surface area contributed by atoms with Gasteiger partial charge < -0.3 is 5.73 Å². The van der Waals surface area contributed by atoms with Crippen LogP contribution in [0.3, 0.4) is 0 Å². The van der Waals surface area contributed by atoms with Crippen LogP contribution < -0.4 is 5.73 Å². The summed E-state index contributed by atoms with van der Waals surface area (Å²) in [6.45, 7) is 2.05. The summed E-state index contributed by atoms with van der Waals surface area (Å²) in [7, 11) is 0. The van der Waals surface area contributed by atoms with E-state index in [0.717, 1.165) is 17.8 Å². The van der Waals surface area contributed by atoms with Gasteiger partial charge in [0.15, 0.2) is 0 Å². The lowest BCUT2D eigenvalue weighted by Gasteiger charge is -2.15. The summed E-state index contributed by atoms with van der Waals surface area (Å²) in [5.74, 6) is 0. The van der Waals surface area contributed by atoms with E-state index >= 15 is 0 Å². The van der Waals surface area contributed by atoms with Gasteiger partial charge in [0, 0.05) is 10.9 Å². The molecule has 11 heavy (non-hydrogen) atoms. The highest BCUT2D eigenvalue weighted by atomic mass is 32.1. The fraction of sp³-hybridized carbons (Fsp3) is 0.625. The Morgan fingerprint density at radius 1 is 1.64 bits per heavy atom. The second-order valence-corrected chi connectivity index (χ2v) is 4.28. The molecule has 0 aromatic carbocycles. The molecule has 1 aliphatic rings. The Morgan fingerprint density at radius 3 is 3.18 bits per heavy atom. The molecule has 60 valence electrons. The molecular weight excluding hydrogens is 156 g/mol. The third kappa shape index (κ3) is 1.19. The molecule has 0 unspecified atom stereocenters. The Kier molecular flexibility index (Phi) is 1.69. The van der Waals surface area contributed by atoms with Crippen LogP contribution in [-0.4, -0.2) is 4.98 Å². The van der Waals surface area contributed by atoms with Crippen LogP contribution in [0.15, 0.2) is 0 Å². The Bertz CT molecular complexity index is 267. The number of rotatable bonds is 0. The average molecular weight is 168 g/mol. The number of nitrogens with zero attached hydrogens (tertiary/aromatic N) is 1. The van der Waals surface area contributed by atoms with Crippen molar-refractivity contribution < 1.29 is 0 Å². The first kappa shape index (κ1) is 7.25. The summed E-state index contributed by atoms with van der Waals surface area (Å²) in [6.07, 6.45) is 3.47. The van der Waals surface area contributed by atoms with Crippen molar-refractivity contribution in [2.24, 2.45) is 5.73 Å². The zero-order chi connectivity index (χ0) is 7.84. The van der Waals surface area contributed by atoms with Gasteiger partial charge in [-0.1, -0.05) is 0 Å². The SMILES string of the molecule is Cc1nc2c(s1)[C@H](N)CCC2. The van der Waals surface area contributed by atoms with Crippen LogP contribution >= 0.6 is 11.3 Å². The molecule has 0 fully saturated rings. The summed E-state index contributed by atoms with van der Waals surface area (Å²) in [4.78, 5) is 5.77. The summed E-state index contributed by atoms with van der Waals surface area (Å²) >= 11 is 1.76. The Labute approximate surface area is 70.5 Å². The molecule has 2 N–H and O–H groups in total. The predicted octanol–water partition coefficient (Wildman–Crippen LogP) is 1.79. The Hall–Kier alpha value is -0.410. The zero-order valence-corrected chi connectivity index (χ0v) is 7.45. The van der Waals surface area contributed by atoms with Gasteiger partial charge in [0.2, 0.25) is 0 Å². The van der Waals surface area contributed by atoms with Crippen LogP contribution in [0.4, 0.5) is 0 Å². The van der Waals surface area contributed by atoms with E-state index in [1.54, 1.807) is 11.3 Å². The minimum Gasteiger partial charge on any atom is -0.323 e. The molecule has 1 aliphatic carbocycles. The van der Waals surface area contributed by atoms with E-state index in [0.29, 0.717) is 0 Å². The quantitative estimate of drug-likeness (QED) is 0.641. The Balaban J connectivity index is 2.43. The predicted molar refractivity (Wildman–Crippen MR) is 46.7 cm³/mol. The Morgan fingerprint density at radius 2 is 2.45 bits per heavy atom. The molecule has 0 bridgehead atoms. The topological polar surface area (TPSA) is 38.9 Å². The molecule has 0 radical (unpaired) electrons. The van der Waals surface area contributed by atoms with Gasteiger partial charge in [-0.3, -0.25) is 0 Å². The van der Waals surface area contributed by atoms with E-state index in [1.807, 2.05) is 0 Å². The maximum Gasteiger partial charge on any atom is 0.0900 e. The van der Waals surface area contributed by atoms with Gasteiger partial charge in [-0.15, -0.1) is 11.3 Å². The molecular formula is C8H12N2S. The maximum atomic E-state index is 5.93. The summed E-state index contributed by atoms with van der Waals surface area (Å²) in [5, 5.41) is 1.16. The van der Waals surface area contributed by atoms with Gasteiger partial charge in [0.1, 0.15) is 0 Å². The van der Waals surface area contributed by atoms with Crippen LogP contribution in [0.25, 0.3) is 0 Å². The number of hydrogen-bond donors (Lipinski definition) is 1. The first-order chi connectivity index (χ1) is 5.27. The molecule has 0 spiro atoms. The summed E-state index contributed by atoms with van der Waals surface area (Å²) < 4.78 is 0. The minimum absolute atomic E-state index is 0.268. The highest BCUT2D eigenvalue weighted by Gasteiger charge is 2.19. The fourth-order valence-corrected chi connectivity index (χ4v) is 2.58. The van der Waals surface area contributed by atoms with Gasteiger partial charge >= 0.3 is 0 Å². The van der Waals surface area contributed by atoms with Gasteiger partial charge in [-0.25, -0.2) is 4.98 Å². The molecule has 0 amide bonds. The lowest BCUT2D eigenvalue weighted by atomic mass is 9.99. The van der Waals surface area contributed by atoms with Crippen molar-refractivity contribution >= 4 is 11.3 Å². The van der Waals surface area contributed by atoms with Crippen molar-refractivity contribution in [3.05, 3.63) is 15.6 Å². The van der Waals surface area contributed by atoms with E-state index < -0.39 is 0 Å². The minimum atomic E-state index is 0.268. The lowest BCUT2D eigenvalue weighted by molar-refractivity contribution is 0.573. The highest BCUT2D eigenvalue weighted by Crippen LogP contribution is 2.31. The van der Waals surface area contributed by atoms with Gasteiger partial charge in [-0.2, -0.15) is 0 Å². The summed E-state index contributed by atoms with van der Waals surface area (Å²) in [5.41, 5.74) is 7.19. The summed E-state index contributed by atoms with van der Waals surface area (Å²) in [6, 6.07) is 0.268. The van der Waals surface area contributed by atoms with Gasteiger partial charge in [0.25, 0.3) is 0 Å². The smallest absolute Gasteiger partial charge is 0.0900 e. The third-order valence-corrected chi connectivity index (χ3v) is 3.24. The molecule has 2 nitrogen and oxygen atoms in total. The molecule has 1 atom stereocenters. The number of aromatic nitrogens is 1. The zero-order valence-electron chi connectivity index (χ0n) is 6.63. The van der Waals surface area contributed by atoms with E-state index in [2.05, 4.69) is 11.9 Å². The van der Waals surface area contributed by atoms with Crippen molar-refractivity contribution in [3.63, 3.8) is 0 Å². The van der Waals surface area contributed by atoms with Crippen molar-refractivity contribution in [1.29, 1.82) is 0 Å². The number of aryl methyl sites for hydroxylation is 2. The molecule has 2 rings (SSSR count). The van der Waals surface area contributed by atoms with E-state index in [9.17, 15) is 0 Å². The largest absolute Gasteiger partial charge is 0.323 e. The fourth-order valence-electron chi connectivity index (χ4n) is 1.58. The van der Waals surface area contributed by atoms with Crippen LogP contribution in [-0.2, 0) is 6.42 Å². The number of hydrogen-bond acceptors (Lipinski definition) is 3. The molecule has 0 saturated carbocycles. The van der Waals surface area contributed by atoms with Crippen molar-refractivity contribution in [2.45, 2.75) is 32.2 Å². The van der Waals surface area contributed by atoms with E-state index in [4.69, 9.17) is 5.73 Å². The molecule has 3 heteroatoms. The second kappa shape index (κ2) is 2.57. The van der Waals surface area contributed by atoms with Crippen LogP contribution in [0.5, 0.6) is 0 Å². The van der Waals surface area contributed by atoms with E-state index in [-0.39, 0.29) is 6.04 Å². The molecule has 1 aromatic rings. The van der Waals surface area contributed by atoms with Gasteiger partial charge in [0.05, 0.1) is 10.7 Å². The highest BCUT2D eigenvalue weighted by molar-refractivity contribution is 7.11. The third-order valence-electron chi connectivity index (χ3n) is 2.10.